The Morgan fingerprint density at radius 3 is 2.39 bits per heavy atom. The Labute approximate surface area is 204 Å². The van der Waals surface area contributed by atoms with Gasteiger partial charge in [-0.1, -0.05) is 22.0 Å². The maximum Gasteiger partial charge on any atom is 0.252 e. The lowest BCUT2D eigenvalue weighted by Crippen LogP contribution is -2.44. The zero-order chi connectivity index (χ0) is 23.6. The molecular weight excluding hydrogens is 528 g/mol. The zero-order valence-corrected chi connectivity index (χ0v) is 20.9. The molecule has 0 bridgehead atoms. The molecule has 0 aliphatic carbocycles. The fourth-order valence-corrected chi connectivity index (χ4v) is 6.24. The van der Waals surface area contributed by atoms with Crippen LogP contribution >= 0.6 is 27.3 Å². The molecule has 33 heavy (non-hydrogen) atoms. The van der Waals surface area contributed by atoms with Crippen molar-refractivity contribution in [2.45, 2.75) is 30.8 Å². The molecule has 0 saturated carbocycles. The number of ether oxygens (including phenoxy) is 1. The second-order valence-corrected chi connectivity index (χ2v) is 11.1. The second-order valence-electron chi connectivity index (χ2n) is 7.30. The molecule has 2 aromatic carbocycles. The Hall–Kier alpha value is -2.53. The molecule has 4 rings (SSSR count). The molecule has 0 N–H and O–H groups in total. The summed E-state index contributed by atoms with van der Waals surface area (Å²) in [6.07, 6.45) is -0.229. The first-order chi connectivity index (χ1) is 15.8. The van der Waals surface area contributed by atoms with E-state index in [4.69, 9.17) is 4.74 Å². The van der Waals surface area contributed by atoms with Gasteiger partial charge in [-0.05, 0) is 66.9 Å². The number of carbonyl (C=O) groups excluding carboxylic acids is 2. The van der Waals surface area contributed by atoms with Gasteiger partial charge in [-0.15, -0.1) is 11.3 Å². The van der Waals surface area contributed by atoms with E-state index >= 15 is 0 Å². The summed E-state index contributed by atoms with van der Waals surface area (Å²) in [5, 5.41) is 1.84. The number of sulfonamides is 1. The van der Waals surface area contributed by atoms with Gasteiger partial charge >= 0.3 is 0 Å². The van der Waals surface area contributed by atoms with Crippen LogP contribution in [-0.4, -0.2) is 37.2 Å². The molecule has 0 radical (unpaired) electrons. The van der Waals surface area contributed by atoms with E-state index < -0.39 is 27.9 Å². The number of imide groups is 1. The van der Waals surface area contributed by atoms with Crippen LogP contribution in [0.5, 0.6) is 5.75 Å². The summed E-state index contributed by atoms with van der Waals surface area (Å²) in [5.41, 5.74) is 0.382. The number of thiophene rings is 1. The minimum Gasteiger partial charge on any atom is -0.494 e. The highest BCUT2D eigenvalue weighted by atomic mass is 79.9. The fraction of sp³-hybridized carbons (Fsp3) is 0.217. The largest absolute Gasteiger partial charge is 0.494 e. The summed E-state index contributed by atoms with van der Waals surface area (Å²) in [6.45, 7) is 2.35. The Morgan fingerprint density at radius 1 is 1.09 bits per heavy atom. The highest BCUT2D eigenvalue weighted by Gasteiger charge is 2.47. The quantitative estimate of drug-likeness (QED) is 0.389. The molecule has 1 aliphatic rings. The Kier molecular flexibility index (Phi) is 6.99. The average molecular weight is 549 g/mol. The molecule has 2 amide bonds. The van der Waals surface area contributed by atoms with Crippen LogP contribution in [0, 0.1) is 0 Å². The predicted octanol–water partition coefficient (Wildman–Crippen LogP) is 4.43. The van der Waals surface area contributed by atoms with Crippen LogP contribution in [0.1, 0.15) is 18.2 Å². The summed E-state index contributed by atoms with van der Waals surface area (Å²) in [6, 6.07) is 15.3. The lowest BCUT2D eigenvalue weighted by molar-refractivity contribution is -0.122. The zero-order valence-electron chi connectivity index (χ0n) is 17.7. The highest BCUT2D eigenvalue weighted by molar-refractivity contribution is 9.10. The van der Waals surface area contributed by atoms with E-state index in [-0.39, 0.29) is 17.9 Å². The maximum absolute atomic E-state index is 13.6. The molecule has 1 saturated heterocycles. The first-order valence-electron chi connectivity index (χ1n) is 10.2. The third-order valence-electron chi connectivity index (χ3n) is 5.19. The number of anilines is 1. The number of hydrogen-bond acceptors (Lipinski definition) is 6. The van der Waals surface area contributed by atoms with E-state index in [2.05, 4.69) is 15.9 Å². The molecule has 172 valence electrons. The third kappa shape index (κ3) is 4.89. The van der Waals surface area contributed by atoms with Crippen LogP contribution in [0.4, 0.5) is 5.69 Å². The summed E-state index contributed by atoms with van der Waals surface area (Å²) < 4.78 is 34.5. The summed E-state index contributed by atoms with van der Waals surface area (Å²) in [5.74, 6) is -0.396. The van der Waals surface area contributed by atoms with E-state index in [9.17, 15) is 18.0 Å². The van der Waals surface area contributed by atoms with Crippen LogP contribution in [0.15, 0.2) is 75.4 Å². The lowest BCUT2D eigenvalue weighted by atomic mass is 10.2. The van der Waals surface area contributed by atoms with Crippen molar-refractivity contribution in [3.05, 3.63) is 75.4 Å². The fourth-order valence-electron chi connectivity index (χ4n) is 3.63. The number of hydrogen-bond donors (Lipinski definition) is 0. The number of halogens is 1. The van der Waals surface area contributed by atoms with Crippen molar-refractivity contribution >= 4 is 54.8 Å². The summed E-state index contributed by atoms with van der Waals surface area (Å²) >= 11 is 4.70. The highest BCUT2D eigenvalue weighted by Crippen LogP contribution is 2.32. The molecule has 2 heterocycles. The van der Waals surface area contributed by atoms with Crippen molar-refractivity contribution in [2.75, 3.05) is 11.5 Å². The van der Waals surface area contributed by atoms with Crippen molar-refractivity contribution in [1.82, 2.24) is 4.31 Å². The number of rotatable bonds is 8. The van der Waals surface area contributed by atoms with Gasteiger partial charge < -0.3 is 4.74 Å². The number of benzene rings is 2. The first-order valence-corrected chi connectivity index (χ1v) is 13.3. The Bertz CT molecular complexity index is 1240. The lowest BCUT2D eigenvalue weighted by Gasteiger charge is -2.26. The van der Waals surface area contributed by atoms with Gasteiger partial charge in [-0.3, -0.25) is 9.59 Å². The summed E-state index contributed by atoms with van der Waals surface area (Å²) in [4.78, 5) is 28.1. The van der Waals surface area contributed by atoms with Crippen LogP contribution in [0.3, 0.4) is 0 Å². The van der Waals surface area contributed by atoms with Crippen molar-refractivity contribution in [2.24, 2.45) is 0 Å². The Morgan fingerprint density at radius 2 is 1.79 bits per heavy atom. The van der Waals surface area contributed by atoms with E-state index in [0.29, 0.717) is 18.0 Å². The monoisotopic (exact) mass is 548 g/mol. The molecule has 0 spiro atoms. The third-order valence-corrected chi connectivity index (χ3v) is 8.45. The molecule has 3 aromatic rings. The van der Waals surface area contributed by atoms with Crippen LogP contribution in [0.2, 0.25) is 0 Å². The van der Waals surface area contributed by atoms with E-state index in [1.54, 1.807) is 42.5 Å². The minimum absolute atomic E-state index is 0.00311. The van der Waals surface area contributed by atoms with E-state index in [1.807, 2.05) is 18.4 Å². The van der Waals surface area contributed by atoms with Crippen molar-refractivity contribution < 1.29 is 22.7 Å². The number of carbonyl (C=O) groups is 2. The molecule has 1 atom stereocenters. The minimum atomic E-state index is -4.05. The smallest absolute Gasteiger partial charge is 0.252 e. The molecular formula is C23H21BrN2O5S2. The SMILES string of the molecule is CCOc1ccc(N2C(=O)CC(N(Cc3cccs3)S(=O)(=O)c3ccc(Br)cc3)C2=O)cc1. The summed E-state index contributed by atoms with van der Waals surface area (Å²) in [7, 11) is -4.05. The van der Waals surface area contributed by atoms with E-state index in [1.165, 1.54) is 23.5 Å². The number of amides is 2. The molecule has 7 nitrogen and oxygen atoms in total. The van der Waals surface area contributed by atoms with E-state index in [0.717, 1.165) is 18.6 Å². The van der Waals surface area contributed by atoms with Gasteiger partial charge in [0.1, 0.15) is 11.8 Å². The van der Waals surface area contributed by atoms with Gasteiger partial charge in [0.05, 0.1) is 23.6 Å². The maximum atomic E-state index is 13.6. The van der Waals surface area contributed by atoms with Crippen LogP contribution in [-0.2, 0) is 26.2 Å². The molecule has 1 aromatic heterocycles. The Balaban J connectivity index is 1.69. The van der Waals surface area contributed by atoms with Crippen LogP contribution in [0.25, 0.3) is 0 Å². The van der Waals surface area contributed by atoms with Crippen molar-refractivity contribution in [3.8, 4) is 5.75 Å². The van der Waals surface area contributed by atoms with Gasteiger partial charge in [-0.2, -0.15) is 4.31 Å². The second kappa shape index (κ2) is 9.76. The van der Waals surface area contributed by atoms with Gasteiger partial charge in [0.25, 0.3) is 5.91 Å². The normalized spacial score (nSPS) is 16.6. The van der Waals surface area contributed by atoms with Gasteiger partial charge in [-0.25, -0.2) is 13.3 Å². The molecule has 10 heteroatoms. The molecule has 1 fully saturated rings. The topological polar surface area (TPSA) is 84.0 Å². The van der Waals surface area contributed by atoms with Crippen LogP contribution < -0.4 is 9.64 Å². The molecule has 1 aliphatic heterocycles. The van der Waals surface area contributed by atoms with Gasteiger partial charge in [0.15, 0.2) is 0 Å². The van der Waals surface area contributed by atoms with Crippen molar-refractivity contribution in [3.63, 3.8) is 0 Å². The van der Waals surface area contributed by atoms with Gasteiger partial charge in [0.2, 0.25) is 15.9 Å². The number of nitrogens with zero attached hydrogens (tertiary/aromatic N) is 2. The first kappa shape index (κ1) is 23.6. The standard InChI is InChI=1S/C23H21BrN2O5S2/c1-2-31-18-9-7-17(8-10-18)26-22(27)14-21(23(26)28)25(15-19-4-3-13-32-19)33(29,30)20-11-5-16(24)6-12-20/h3-13,21H,2,14-15H2,1H3. The predicted molar refractivity (Wildman–Crippen MR) is 130 cm³/mol. The van der Waals surface area contributed by atoms with Crippen molar-refractivity contribution in [1.29, 1.82) is 0 Å². The molecule has 1 unspecified atom stereocenters. The average Bonchev–Trinajstić information content (AvgIpc) is 3.41. The van der Waals surface area contributed by atoms with Gasteiger partial charge in [0, 0.05) is 15.9 Å².